The smallest absolute Gasteiger partial charge is 0.332 e. The van der Waals surface area contributed by atoms with E-state index in [1.807, 2.05) is 12.1 Å². The van der Waals surface area contributed by atoms with Crippen LogP contribution in [0.3, 0.4) is 0 Å². The summed E-state index contributed by atoms with van der Waals surface area (Å²) >= 11 is 0. The number of hydrogen-bond acceptors (Lipinski definition) is 17. The molecule has 2 aliphatic carbocycles. The minimum absolute atomic E-state index is 0.0536. The highest BCUT2D eigenvalue weighted by Gasteiger charge is 2.35. The molecule has 24 heteroatoms. The van der Waals surface area contributed by atoms with Crippen LogP contribution in [-0.2, 0) is 62.8 Å². The van der Waals surface area contributed by atoms with E-state index < -0.39 is 55.8 Å². The lowest BCUT2D eigenvalue weighted by atomic mass is 9.97. The second kappa shape index (κ2) is 30.3. The maximum Gasteiger partial charge on any atom is 0.332 e. The Balaban J connectivity index is 0.000000247. The van der Waals surface area contributed by atoms with Crippen LogP contribution in [0.5, 0.6) is 0 Å². The van der Waals surface area contributed by atoms with Gasteiger partial charge in [0.15, 0.2) is 11.6 Å². The van der Waals surface area contributed by atoms with Gasteiger partial charge in [0, 0.05) is 46.9 Å². The zero-order valence-electron chi connectivity index (χ0n) is 49.6. The molecule has 86 heavy (non-hydrogen) atoms. The van der Waals surface area contributed by atoms with E-state index in [-0.39, 0.29) is 122 Å². The van der Waals surface area contributed by atoms with Crippen molar-refractivity contribution in [3.63, 3.8) is 0 Å². The lowest BCUT2D eigenvalue weighted by molar-refractivity contribution is -0.160. The summed E-state index contributed by atoms with van der Waals surface area (Å²) in [6, 6.07) is 18.5. The number of furan rings is 2. The number of carbonyl (C=O) groups is 4. The molecule has 8 rings (SSSR count). The molecule has 0 bridgehead atoms. The second-order valence-electron chi connectivity index (χ2n) is 21.7. The van der Waals surface area contributed by atoms with Gasteiger partial charge >= 0.3 is 11.9 Å². The first-order valence-corrected chi connectivity index (χ1v) is 32.2. The highest BCUT2D eigenvalue weighted by Crippen LogP contribution is 2.50. The molecule has 1 N–H and O–H groups in total. The van der Waals surface area contributed by atoms with Gasteiger partial charge in [0.2, 0.25) is 20.0 Å². The topological polar surface area (TPSA) is 254 Å². The lowest BCUT2D eigenvalue weighted by Crippen LogP contribution is -2.34. The summed E-state index contributed by atoms with van der Waals surface area (Å²) in [5, 5.41) is 9.76. The number of rotatable bonds is 34. The average Bonchev–Trinajstić information content (AvgIpc) is 2.36. The van der Waals surface area contributed by atoms with Crippen LogP contribution in [0.15, 0.2) is 81.6 Å². The SMILES string of the molecule is CCC(=O)c1c(-c2ccc(F)cc2)oc2cc(N(CCOCCOCCOCC(=O)O)S(C)(=O)=O)c(C3CC3)cc12.CCC(=O)c1c(-c2ccc(F)cc2)oc2cc(N(CCOCCOCCOCC(=O)OC(C)(C)C)S(C)(=O)=O)c(C3CC3)cc12. The number of nitrogens with zero attached hydrogens (tertiary/aromatic N) is 2. The normalized spacial score (nSPS) is 13.6. The van der Waals surface area contributed by atoms with Crippen LogP contribution < -0.4 is 8.61 Å². The molecule has 2 aromatic heterocycles. The summed E-state index contributed by atoms with van der Waals surface area (Å²) in [7, 11) is -7.41. The Labute approximate surface area is 500 Å². The fourth-order valence-electron chi connectivity index (χ4n) is 9.48. The summed E-state index contributed by atoms with van der Waals surface area (Å²) in [5.74, 6) is -1.57. The Kier molecular flexibility index (Phi) is 23.6. The molecular weight excluding hydrogens is 1160 g/mol. The molecule has 0 aliphatic heterocycles. The van der Waals surface area contributed by atoms with Crippen molar-refractivity contribution in [2.75, 3.05) is 113 Å². The van der Waals surface area contributed by atoms with Crippen molar-refractivity contribution in [1.82, 2.24) is 0 Å². The number of carbonyl (C=O) groups excluding carboxylic acids is 3. The van der Waals surface area contributed by atoms with Crippen molar-refractivity contribution in [2.45, 2.75) is 90.6 Å². The number of Topliss-reactive ketones (excluding diaryl/α,β-unsaturated/α-hetero) is 2. The van der Waals surface area contributed by atoms with Crippen molar-refractivity contribution in [1.29, 1.82) is 0 Å². The number of carboxylic acid groups (broad SMARTS) is 1. The van der Waals surface area contributed by atoms with Crippen molar-refractivity contribution in [3.8, 4) is 22.6 Å². The summed E-state index contributed by atoms with van der Waals surface area (Å²) < 4.78 is 131. The molecule has 468 valence electrons. The van der Waals surface area contributed by atoms with Crippen LogP contribution in [0.25, 0.3) is 44.6 Å². The average molecular weight is 1240 g/mol. The van der Waals surface area contributed by atoms with E-state index in [1.165, 1.54) is 32.9 Å². The molecule has 20 nitrogen and oxygen atoms in total. The van der Waals surface area contributed by atoms with E-state index in [0.717, 1.165) is 49.3 Å². The van der Waals surface area contributed by atoms with Crippen molar-refractivity contribution >= 4 is 76.9 Å². The molecule has 0 atom stereocenters. The van der Waals surface area contributed by atoms with Crippen LogP contribution in [0.1, 0.15) is 117 Å². The van der Waals surface area contributed by atoms with E-state index in [0.29, 0.717) is 67.1 Å². The Morgan fingerprint density at radius 2 is 0.895 bits per heavy atom. The predicted octanol–water partition coefficient (Wildman–Crippen LogP) is 10.5. The van der Waals surface area contributed by atoms with Gasteiger partial charge in [-0.3, -0.25) is 18.2 Å². The molecule has 0 spiro atoms. The minimum atomic E-state index is -3.70. The van der Waals surface area contributed by atoms with E-state index in [4.69, 9.17) is 47.1 Å². The van der Waals surface area contributed by atoms with Gasteiger partial charge in [-0.1, -0.05) is 13.8 Å². The molecule has 6 aromatic rings. The maximum atomic E-state index is 13.6. The van der Waals surface area contributed by atoms with Gasteiger partial charge in [0.25, 0.3) is 0 Å². The Hall–Kier alpha value is -6.64. The number of fused-ring (bicyclic) bond motifs is 2. The molecule has 2 heterocycles. The first-order chi connectivity index (χ1) is 40.9. The van der Waals surface area contributed by atoms with Gasteiger partial charge in [-0.15, -0.1) is 0 Å². The predicted molar refractivity (Wildman–Crippen MR) is 319 cm³/mol. The molecule has 2 aliphatic rings. The Bertz CT molecular complexity index is 3530. The lowest BCUT2D eigenvalue weighted by Gasteiger charge is -2.25. The maximum absolute atomic E-state index is 13.6. The van der Waals surface area contributed by atoms with Crippen molar-refractivity contribution in [3.05, 3.63) is 107 Å². The van der Waals surface area contributed by atoms with Gasteiger partial charge in [0.05, 0.1) is 114 Å². The first kappa shape index (κ1) is 66.9. The Morgan fingerprint density at radius 1 is 0.547 bits per heavy atom. The van der Waals surface area contributed by atoms with Crippen LogP contribution in [0.2, 0.25) is 0 Å². The van der Waals surface area contributed by atoms with Crippen molar-refractivity contribution < 1.29 is 91.9 Å². The fourth-order valence-corrected chi connectivity index (χ4v) is 11.3. The van der Waals surface area contributed by atoms with Crippen LogP contribution >= 0.6 is 0 Å². The molecular formula is C62H76F2N2O18S2. The third-order valence-electron chi connectivity index (χ3n) is 13.7. The molecule has 2 fully saturated rings. The standard InChI is InChI=1S/C33H42FNO9S.C29H34FNO9S/c1-6-28(36)31-26-19-25(22-7-8-22)27(20-29(26)43-32(31)23-9-11-24(34)12-10-23)35(45(5,38)39)13-14-40-15-16-41-17-18-42-21-30(37)44-33(2,3)4;1-3-25(32)28-23-16-22(19-4-5-19)24(17-26(23)40-29(28)20-6-8-21(30)9-7-20)31(41(2,35)36)10-11-37-12-13-38-14-15-39-18-27(33)34/h9-12,19-20,22H,6-8,13-18,21H2,1-5H3;6-9,16-17,19H,3-5,10-15,18H2,1-2H3,(H,33,34). The summed E-state index contributed by atoms with van der Waals surface area (Å²) in [4.78, 5) is 48.2. The summed E-state index contributed by atoms with van der Waals surface area (Å²) in [5.41, 5.74) is 4.74. The number of sulfonamides is 2. The summed E-state index contributed by atoms with van der Waals surface area (Å²) in [6.07, 6.45) is 6.39. The number of esters is 1. The number of hydrogen-bond donors (Lipinski definition) is 1. The number of halogens is 2. The molecule has 2 saturated carbocycles. The number of ether oxygens (including phenoxy) is 7. The second-order valence-corrected chi connectivity index (χ2v) is 25.6. The third kappa shape index (κ3) is 18.9. The first-order valence-electron chi connectivity index (χ1n) is 28.5. The van der Waals surface area contributed by atoms with E-state index >= 15 is 0 Å². The molecule has 0 saturated heterocycles. The molecule has 0 amide bonds. The fraction of sp³-hybridized carbons (Fsp3) is 0.484. The molecule has 0 radical (unpaired) electrons. The van der Waals surface area contributed by atoms with Crippen LogP contribution in [-0.4, -0.2) is 156 Å². The molecule has 4 aromatic carbocycles. The monoisotopic (exact) mass is 1240 g/mol. The number of carboxylic acids is 1. The minimum Gasteiger partial charge on any atom is -0.480 e. The van der Waals surface area contributed by atoms with Gasteiger partial charge in [-0.05, 0) is 130 Å². The highest BCUT2D eigenvalue weighted by molar-refractivity contribution is 7.92. The number of aliphatic carboxylic acids is 1. The highest BCUT2D eigenvalue weighted by atomic mass is 32.2. The van der Waals surface area contributed by atoms with Crippen molar-refractivity contribution in [2.24, 2.45) is 0 Å². The summed E-state index contributed by atoms with van der Waals surface area (Å²) in [6.45, 7) is 10.4. The zero-order chi connectivity index (χ0) is 62.3. The van der Waals surface area contributed by atoms with E-state index in [9.17, 15) is 44.8 Å². The number of anilines is 2. The van der Waals surface area contributed by atoms with Crippen LogP contribution in [0, 0.1) is 11.6 Å². The van der Waals surface area contributed by atoms with Gasteiger partial charge in [-0.2, -0.15) is 0 Å². The van der Waals surface area contributed by atoms with Gasteiger partial charge < -0.3 is 47.1 Å². The zero-order valence-corrected chi connectivity index (χ0v) is 51.2. The van der Waals surface area contributed by atoms with Gasteiger partial charge in [-0.25, -0.2) is 35.2 Å². The number of benzene rings is 4. The third-order valence-corrected chi connectivity index (χ3v) is 16.1. The van der Waals surface area contributed by atoms with E-state index in [2.05, 4.69) is 0 Å². The van der Waals surface area contributed by atoms with E-state index in [1.54, 1.807) is 71.0 Å². The van der Waals surface area contributed by atoms with Gasteiger partial charge in [0.1, 0.15) is 53.1 Å². The molecule has 0 unspecified atom stereocenters. The van der Waals surface area contributed by atoms with Crippen LogP contribution in [0.4, 0.5) is 20.2 Å². The number of ketones is 2. The Morgan fingerprint density at radius 3 is 1.22 bits per heavy atom. The largest absolute Gasteiger partial charge is 0.480 e. The quantitative estimate of drug-likeness (QED) is 0.0224.